The molecule has 22 heavy (non-hydrogen) atoms. The average Bonchev–Trinajstić information content (AvgIpc) is 3.21. The van der Waals surface area contributed by atoms with Gasteiger partial charge in [0.1, 0.15) is 0 Å². The number of rotatable bonds is 3. The van der Waals surface area contributed by atoms with Crippen LogP contribution in [-0.4, -0.2) is 29.3 Å². The van der Waals surface area contributed by atoms with Crippen molar-refractivity contribution in [3.63, 3.8) is 0 Å². The highest BCUT2D eigenvalue weighted by molar-refractivity contribution is 7.98. The van der Waals surface area contributed by atoms with Crippen LogP contribution in [0.25, 0.3) is 0 Å². The largest absolute Gasteiger partial charge is 0.272 e. The Labute approximate surface area is 133 Å². The van der Waals surface area contributed by atoms with E-state index in [2.05, 4.69) is 17.3 Å². The molecule has 4 nitrogen and oxygen atoms in total. The first-order chi connectivity index (χ1) is 10.7. The number of carbonyl (C=O) groups excluding carboxylic acids is 2. The Hall–Kier alpha value is -1.88. The van der Waals surface area contributed by atoms with Crippen molar-refractivity contribution >= 4 is 29.8 Å². The number of allylic oxidation sites excluding steroid dienone is 2. The molecule has 3 aliphatic rings. The highest BCUT2D eigenvalue weighted by Crippen LogP contribution is 2.52. The molecule has 4 unspecified atom stereocenters. The third kappa shape index (κ3) is 1.96. The Morgan fingerprint density at radius 2 is 1.68 bits per heavy atom. The zero-order valence-corrected chi connectivity index (χ0v) is 13.0. The molecule has 5 heteroatoms. The summed E-state index contributed by atoms with van der Waals surface area (Å²) >= 11 is 1.67. The third-order valence-electron chi connectivity index (χ3n) is 4.89. The predicted octanol–water partition coefficient (Wildman–Crippen LogP) is 2.55. The monoisotopic (exact) mass is 312 g/mol. The van der Waals surface area contributed by atoms with Gasteiger partial charge in [-0.25, -0.2) is 0 Å². The molecule has 1 aliphatic heterocycles. The van der Waals surface area contributed by atoms with Gasteiger partial charge in [-0.2, -0.15) is 10.1 Å². The molecule has 112 valence electrons. The predicted molar refractivity (Wildman–Crippen MR) is 85.4 cm³/mol. The zero-order chi connectivity index (χ0) is 15.3. The number of carbonyl (C=O) groups is 2. The maximum absolute atomic E-state index is 12.5. The van der Waals surface area contributed by atoms with Crippen LogP contribution in [0.4, 0.5) is 0 Å². The van der Waals surface area contributed by atoms with E-state index in [1.54, 1.807) is 18.0 Å². The second-order valence-corrected chi connectivity index (χ2v) is 6.89. The Kier molecular flexibility index (Phi) is 3.18. The van der Waals surface area contributed by atoms with Crippen molar-refractivity contribution in [1.29, 1.82) is 0 Å². The molecule has 0 N–H and O–H groups in total. The van der Waals surface area contributed by atoms with Gasteiger partial charge in [-0.05, 0) is 42.2 Å². The van der Waals surface area contributed by atoms with Crippen LogP contribution in [-0.2, 0) is 9.59 Å². The third-order valence-corrected chi connectivity index (χ3v) is 5.63. The number of hydrazone groups is 1. The molecular weight excluding hydrogens is 296 g/mol. The van der Waals surface area contributed by atoms with Gasteiger partial charge in [0.05, 0.1) is 18.1 Å². The van der Waals surface area contributed by atoms with Crippen LogP contribution in [0.5, 0.6) is 0 Å². The summed E-state index contributed by atoms with van der Waals surface area (Å²) in [5, 5.41) is 5.25. The lowest BCUT2D eigenvalue weighted by atomic mass is 9.85. The van der Waals surface area contributed by atoms with Crippen molar-refractivity contribution in [2.24, 2.45) is 28.8 Å². The maximum Gasteiger partial charge on any atom is 0.254 e. The molecule has 1 aromatic rings. The normalized spacial score (nSPS) is 32.5. The molecule has 0 aromatic heterocycles. The summed E-state index contributed by atoms with van der Waals surface area (Å²) in [6, 6.07) is 7.87. The van der Waals surface area contributed by atoms with Gasteiger partial charge in [0.2, 0.25) is 0 Å². The molecule has 0 spiro atoms. The lowest BCUT2D eigenvalue weighted by Gasteiger charge is -2.13. The molecule has 2 fully saturated rings. The van der Waals surface area contributed by atoms with Crippen LogP contribution in [0, 0.1) is 23.7 Å². The maximum atomic E-state index is 12.5. The lowest BCUT2D eigenvalue weighted by Crippen LogP contribution is -2.28. The molecule has 0 radical (unpaired) electrons. The van der Waals surface area contributed by atoms with Crippen LogP contribution in [0.15, 0.2) is 46.4 Å². The SMILES string of the molecule is CSc1ccc(C=NN2C(=O)C3C4C=CC(C4)C3C2=O)cc1. The first kappa shape index (κ1) is 13.8. The van der Waals surface area contributed by atoms with E-state index in [0.717, 1.165) is 17.0 Å². The number of benzene rings is 1. The average molecular weight is 312 g/mol. The summed E-state index contributed by atoms with van der Waals surface area (Å²) < 4.78 is 0. The fourth-order valence-corrected chi connectivity index (χ4v) is 4.22. The van der Waals surface area contributed by atoms with E-state index in [4.69, 9.17) is 0 Å². The van der Waals surface area contributed by atoms with Crippen LogP contribution in [0.2, 0.25) is 0 Å². The van der Waals surface area contributed by atoms with Crippen molar-refractivity contribution in [3.8, 4) is 0 Å². The van der Waals surface area contributed by atoms with Gasteiger partial charge in [0.25, 0.3) is 11.8 Å². The number of thioether (sulfide) groups is 1. The molecule has 1 heterocycles. The highest BCUT2D eigenvalue weighted by atomic mass is 32.2. The van der Waals surface area contributed by atoms with Gasteiger partial charge in [0, 0.05) is 4.90 Å². The number of hydrogen-bond donors (Lipinski definition) is 0. The quantitative estimate of drug-likeness (QED) is 0.373. The van der Waals surface area contributed by atoms with Crippen LogP contribution in [0.3, 0.4) is 0 Å². The molecule has 2 aliphatic carbocycles. The number of hydrogen-bond acceptors (Lipinski definition) is 4. The number of fused-ring (bicyclic) bond motifs is 5. The minimum atomic E-state index is -0.182. The van der Waals surface area contributed by atoms with Gasteiger partial charge >= 0.3 is 0 Å². The minimum Gasteiger partial charge on any atom is -0.272 e. The molecule has 4 rings (SSSR count). The summed E-state index contributed by atoms with van der Waals surface area (Å²) in [6.07, 6.45) is 8.74. The fourth-order valence-electron chi connectivity index (χ4n) is 3.81. The van der Waals surface area contributed by atoms with E-state index in [1.165, 1.54) is 4.90 Å². The topological polar surface area (TPSA) is 49.7 Å². The number of nitrogens with zero attached hydrogens (tertiary/aromatic N) is 2. The van der Waals surface area contributed by atoms with Gasteiger partial charge in [-0.15, -0.1) is 11.8 Å². The standard InChI is InChI=1S/C17H16N2O2S/c1-22-13-6-2-10(3-7-13)9-18-19-16(20)14-11-4-5-12(8-11)15(14)17(19)21/h2-7,9,11-12,14-15H,8H2,1H3. The van der Waals surface area contributed by atoms with Crippen molar-refractivity contribution in [1.82, 2.24) is 5.01 Å². The van der Waals surface area contributed by atoms with E-state index >= 15 is 0 Å². The smallest absolute Gasteiger partial charge is 0.254 e. The molecular formula is C17H16N2O2S. The van der Waals surface area contributed by atoms with Gasteiger partial charge < -0.3 is 0 Å². The van der Waals surface area contributed by atoms with Crippen LogP contribution >= 0.6 is 11.8 Å². The van der Waals surface area contributed by atoms with Crippen molar-refractivity contribution in [3.05, 3.63) is 42.0 Å². The van der Waals surface area contributed by atoms with Crippen molar-refractivity contribution < 1.29 is 9.59 Å². The van der Waals surface area contributed by atoms with E-state index in [9.17, 15) is 9.59 Å². The zero-order valence-electron chi connectivity index (χ0n) is 12.2. The van der Waals surface area contributed by atoms with Gasteiger partial charge in [0.15, 0.2) is 0 Å². The summed E-state index contributed by atoms with van der Waals surface area (Å²) in [7, 11) is 0. The number of imide groups is 1. The molecule has 1 aromatic carbocycles. The minimum absolute atomic E-state index is 0.135. The first-order valence-corrected chi connectivity index (χ1v) is 8.65. The summed E-state index contributed by atoms with van der Waals surface area (Å²) in [6.45, 7) is 0. The van der Waals surface area contributed by atoms with Gasteiger partial charge in [-0.3, -0.25) is 9.59 Å². The van der Waals surface area contributed by atoms with E-state index < -0.39 is 0 Å². The second kappa shape index (κ2) is 5.09. The van der Waals surface area contributed by atoms with E-state index in [0.29, 0.717) is 0 Å². The first-order valence-electron chi connectivity index (χ1n) is 7.43. The summed E-state index contributed by atoms with van der Waals surface area (Å²) in [5.41, 5.74) is 0.886. The molecule has 1 saturated carbocycles. The summed E-state index contributed by atoms with van der Waals surface area (Å²) in [4.78, 5) is 26.1. The molecule has 4 atom stereocenters. The van der Waals surface area contributed by atoms with E-state index in [-0.39, 0.29) is 35.5 Å². The Bertz CT molecular complexity index is 665. The van der Waals surface area contributed by atoms with Gasteiger partial charge in [-0.1, -0.05) is 24.3 Å². The Morgan fingerprint density at radius 3 is 2.23 bits per heavy atom. The van der Waals surface area contributed by atoms with Crippen molar-refractivity contribution in [2.45, 2.75) is 11.3 Å². The molecule has 2 amide bonds. The fraction of sp³-hybridized carbons (Fsp3) is 0.353. The van der Waals surface area contributed by atoms with Crippen LogP contribution < -0.4 is 0 Å². The van der Waals surface area contributed by atoms with E-state index in [1.807, 2.05) is 30.5 Å². The second-order valence-electron chi connectivity index (χ2n) is 6.01. The Morgan fingerprint density at radius 1 is 1.09 bits per heavy atom. The Balaban J connectivity index is 1.55. The van der Waals surface area contributed by atoms with Crippen LogP contribution in [0.1, 0.15) is 12.0 Å². The summed E-state index contributed by atoms with van der Waals surface area (Å²) in [5.74, 6) is -0.176. The highest BCUT2D eigenvalue weighted by Gasteiger charge is 2.59. The number of amides is 2. The molecule has 2 bridgehead atoms. The molecule has 1 saturated heterocycles. The van der Waals surface area contributed by atoms with Crippen molar-refractivity contribution in [2.75, 3.05) is 6.26 Å². The lowest BCUT2D eigenvalue weighted by molar-refractivity contribution is -0.140.